The third-order valence-electron chi connectivity index (χ3n) is 2.09. The molecule has 0 amide bonds. The van der Waals surface area contributed by atoms with Gasteiger partial charge in [-0.1, -0.05) is 0 Å². The van der Waals surface area contributed by atoms with Gasteiger partial charge in [0.1, 0.15) is 16.2 Å². The third-order valence-corrected chi connectivity index (χ3v) is 2.50. The standard InChI is InChI=1S/C12H9BrN4/c1-8-15-11(13)6-12(16-8)17-10-4-2-9(7-14)3-5-10/h2-6H,1H3,(H,15,16,17). The molecule has 1 aromatic heterocycles. The maximum absolute atomic E-state index is 8.69. The van der Waals surface area contributed by atoms with Gasteiger partial charge in [-0.15, -0.1) is 0 Å². The van der Waals surface area contributed by atoms with E-state index in [1.807, 2.05) is 19.1 Å². The molecule has 5 heteroatoms. The molecule has 84 valence electrons. The Morgan fingerprint density at radius 2 is 1.94 bits per heavy atom. The molecule has 4 nitrogen and oxygen atoms in total. The zero-order valence-electron chi connectivity index (χ0n) is 9.11. The number of rotatable bonds is 2. The molecular weight excluding hydrogens is 280 g/mol. The average Bonchev–Trinajstić information content (AvgIpc) is 2.28. The lowest BCUT2D eigenvalue weighted by Crippen LogP contribution is -1.97. The van der Waals surface area contributed by atoms with E-state index in [1.54, 1.807) is 18.2 Å². The van der Waals surface area contributed by atoms with Crippen LogP contribution in [-0.2, 0) is 0 Å². The van der Waals surface area contributed by atoms with E-state index in [4.69, 9.17) is 5.26 Å². The molecule has 1 aromatic carbocycles. The van der Waals surface area contributed by atoms with Crippen LogP contribution < -0.4 is 5.32 Å². The summed E-state index contributed by atoms with van der Waals surface area (Å²) in [6.45, 7) is 1.83. The highest BCUT2D eigenvalue weighted by molar-refractivity contribution is 9.10. The van der Waals surface area contributed by atoms with Gasteiger partial charge in [-0.25, -0.2) is 9.97 Å². The molecule has 0 aliphatic heterocycles. The summed E-state index contributed by atoms with van der Waals surface area (Å²) in [5, 5.41) is 11.8. The van der Waals surface area contributed by atoms with E-state index < -0.39 is 0 Å². The van der Waals surface area contributed by atoms with Gasteiger partial charge in [0.25, 0.3) is 0 Å². The fourth-order valence-corrected chi connectivity index (χ4v) is 1.84. The fraction of sp³-hybridized carbons (Fsp3) is 0.0833. The van der Waals surface area contributed by atoms with E-state index in [1.165, 1.54) is 0 Å². The van der Waals surface area contributed by atoms with Crippen molar-refractivity contribution < 1.29 is 0 Å². The molecule has 0 aliphatic carbocycles. The summed E-state index contributed by atoms with van der Waals surface area (Å²) in [5.41, 5.74) is 1.52. The lowest BCUT2D eigenvalue weighted by molar-refractivity contribution is 1.04. The number of hydrogen-bond donors (Lipinski definition) is 1. The van der Waals surface area contributed by atoms with E-state index in [9.17, 15) is 0 Å². The quantitative estimate of drug-likeness (QED) is 0.863. The number of nitrogens with one attached hydrogen (secondary N) is 1. The number of hydrogen-bond acceptors (Lipinski definition) is 4. The van der Waals surface area contributed by atoms with Crippen LogP contribution in [0.25, 0.3) is 0 Å². The smallest absolute Gasteiger partial charge is 0.135 e. The number of aryl methyl sites for hydroxylation is 1. The predicted molar refractivity (Wildman–Crippen MR) is 68.9 cm³/mol. The second-order valence-electron chi connectivity index (χ2n) is 3.44. The van der Waals surface area contributed by atoms with Crippen LogP contribution in [0.4, 0.5) is 11.5 Å². The van der Waals surface area contributed by atoms with Gasteiger partial charge in [-0.3, -0.25) is 0 Å². The van der Waals surface area contributed by atoms with E-state index in [0.717, 1.165) is 10.3 Å². The molecule has 0 saturated heterocycles. The Bertz CT molecular complexity index is 552. The molecule has 0 saturated carbocycles. The lowest BCUT2D eigenvalue weighted by Gasteiger charge is -2.06. The van der Waals surface area contributed by atoms with Gasteiger partial charge in [0.15, 0.2) is 0 Å². The number of nitriles is 1. The molecule has 2 aromatic rings. The van der Waals surface area contributed by atoms with E-state index in [0.29, 0.717) is 17.2 Å². The van der Waals surface area contributed by atoms with Crippen molar-refractivity contribution >= 4 is 27.4 Å². The van der Waals surface area contributed by atoms with Gasteiger partial charge in [-0.05, 0) is 47.1 Å². The summed E-state index contributed by atoms with van der Waals surface area (Å²) in [7, 11) is 0. The number of aromatic nitrogens is 2. The molecule has 0 aliphatic rings. The van der Waals surface area contributed by atoms with Crippen LogP contribution in [-0.4, -0.2) is 9.97 Å². The zero-order valence-corrected chi connectivity index (χ0v) is 10.7. The first-order valence-corrected chi connectivity index (χ1v) is 5.75. The van der Waals surface area contributed by atoms with Crippen molar-refractivity contribution in [1.29, 1.82) is 5.26 Å². The van der Waals surface area contributed by atoms with Crippen LogP contribution in [0.5, 0.6) is 0 Å². The van der Waals surface area contributed by atoms with Crippen LogP contribution in [0.3, 0.4) is 0 Å². The summed E-state index contributed by atoms with van der Waals surface area (Å²) in [4.78, 5) is 8.38. The minimum Gasteiger partial charge on any atom is -0.340 e. The Hall–Kier alpha value is -1.93. The molecule has 0 spiro atoms. The molecule has 1 N–H and O–H groups in total. The molecule has 0 unspecified atom stereocenters. The molecule has 17 heavy (non-hydrogen) atoms. The summed E-state index contributed by atoms with van der Waals surface area (Å²) in [6, 6.07) is 11.1. The Labute approximate surface area is 107 Å². The van der Waals surface area contributed by atoms with Crippen LogP contribution in [0.1, 0.15) is 11.4 Å². The second-order valence-corrected chi connectivity index (χ2v) is 4.25. The van der Waals surface area contributed by atoms with Crippen LogP contribution in [0.2, 0.25) is 0 Å². The molecule has 0 bridgehead atoms. The average molecular weight is 289 g/mol. The molecule has 0 radical (unpaired) electrons. The number of nitrogens with zero attached hydrogens (tertiary/aromatic N) is 3. The van der Waals surface area contributed by atoms with Gasteiger partial charge < -0.3 is 5.32 Å². The first-order valence-electron chi connectivity index (χ1n) is 4.96. The van der Waals surface area contributed by atoms with Crippen LogP contribution in [0.15, 0.2) is 34.9 Å². The zero-order chi connectivity index (χ0) is 12.3. The molecular formula is C12H9BrN4. The Kier molecular flexibility index (Phi) is 3.35. The van der Waals surface area contributed by atoms with Crippen LogP contribution >= 0.6 is 15.9 Å². The lowest BCUT2D eigenvalue weighted by atomic mass is 10.2. The molecule has 2 rings (SSSR count). The first-order chi connectivity index (χ1) is 8.17. The first kappa shape index (κ1) is 11.6. The number of halogens is 1. The van der Waals surface area contributed by atoms with Crippen molar-refractivity contribution in [3.8, 4) is 6.07 Å². The van der Waals surface area contributed by atoms with E-state index in [2.05, 4.69) is 37.3 Å². The van der Waals surface area contributed by atoms with Gasteiger partial charge >= 0.3 is 0 Å². The summed E-state index contributed by atoms with van der Waals surface area (Å²) < 4.78 is 0.737. The van der Waals surface area contributed by atoms with Gasteiger partial charge in [0.05, 0.1) is 11.6 Å². The minimum absolute atomic E-state index is 0.635. The summed E-state index contributed by atoms with van der Waals surface area (Å²) >= 11 is 3.31. The topological polar surface area (TPSA) is 61.6 Å². The second kappa shape index (κ2) is 4.93. The molecule has 0 fully saturated rings. The highest BCUT2D eigenvalue weighted by atomic mass is 79.9. The Morgan fingerprint density at radius 1 is 1.24 bits per heavy atom. The predicted octanol–water partition coefficient (Wildman–Crippen LogP) is 3.16. The van der Waals surface area contributed by atoms with E-state index >= 15 is 0 Å². The maximum atomic E-state index is 8.69. The minimum atomic E-state index is 0.635. The third kappa shape index (κ3) is 3.02. The van der Waals surface area contributed by atoms with Crippen molar-refractivity contribution in [3.63, 3.8) is 0 Å². The van der Waals surface area contributed by atoms with Crippen molar-refractivity contribution in [2.45, 2.75) is 6.92 Å². The van der Waals surface area contributed by atoms with Crippen LogP contribution in [0, 0.1) is 18.3 Å². The summed E-state index contributed by atoms with van der Waals surface area (Å²) in [5.74, 6) is 1.41. The number of benzene rings is 1. The number of anilines is 2. The van der Waals surface area contributed by atoms with Crippen molar-refractivity contribution in [2.24, 2.45) is 0 Å². The monoisotopic (exact) mass is 288 g/mol. The highest BCUT2D eigenvalue weighted by Crippen LogP contribution is 2.18. The normalized spacial score (nSPS) is 9.71. The van der Waals surface area contributed by atoms with Gasteiger partial charge in [0, 0.05) is 11.8 Å². The largest absolute Gasteiger partial charge is 0.340 e. The van der Waals surface area contributed by atoms with Gasteiger partial charge in [0.2, 0.25) is 0 Å². The molecule has 0 atom stereocenters. The van der Waals surface area contributed by atoms with Crippen molar-refractivity contribution in [3.05, 3.63) is 46.3 Å². The SMILES string of the molecule is Cc1nc(Br)cc(Nc2ccc(C#N)cc2)n1. The van der Waals surface area contributed by atoms with Crippen molar-refractivity contribution in [1.82, 2.24) is 9.97 Å². The summed E-state index contributed by atoms with van der Waals surface area (Å²) in [6.07, 6.45) is 0. The maximum Gasteiger partial charge on any atom is 0.135 e. The Morgan fingerprint density at radius 3 is 2.53 bits per heavy atom. The molecule has 1 heterocycles. The highest BCUT2D eigenvalue weighted by Gasteiger charge is 2.00. The fourth-order valence-electron chi connectivity index (χ4n) is 1.37. The van der Waals surface area contributed by atoms with Crippen molar-refractivity contribution in [2.75, 3.05) is 5.32 Å². The van der Waals surface area contributed by atoms with E-state index in [-0.39, 0.29) is 0 Å². The Balaban J connectivity index is 2.22. The van der Waals surface area contributed by atoms with Gasteiger partial charge in [-0.2, -0.15) is 5.26 Å².